The van der Waals surface area contributed by atoms with E-state index in [0.29, 0.717) is 6.54 Å². The van der Waals surface area contributed by atoms with Crippen molar-refractivity contribution in [1.29, 1.82) is 0 Å². The molecule has 21 heavy (non-hydrogen) atoms. The van der Waals surface area contributed by atoms with Gasteiger partial charge in [-0.3, -0.25) is 9.88 Å². The Hall–Kier alpha value is -1.71. The molecule has 0 amide bonds. The van der Waals surface area contributed by atoms with Gasteiger partial charge in [-0.05, 0) is 56.1 Å². The number of aromatic nitrogens is 1. The van der Waals surface area contributed by atoms with Crippen molar-refractivity contribution >= 4 is 0 Å². The Morgan fingerprint density at radius 1 is 1.19 bits per heavy atom. The average molecular weight is 283 g/mol. The van der Waals surface area contributed by atoms with Gasteiger partial charge in [0.2, 0.25) is 0 Å². The number of nitrogens with two attached hydrogens (primary N) is 1. The topological polar surface area (TPSA) is 42.1 Å². The van der Waals surface area contributed by atoms with Crippen LogP contribution >= 0.6 is 0 Å². The zero-order valence-corrected chi connectivity index (χ0v) is 13.4. The summed E-state index contributed by atoms with van der Waals surface area (Å²) < 4.78 is 0. The smallest absolute Gasteiger partial charge is 0.0476 e. The summed E-state index contributed by atoms with van der Waals surface area (Å²) in [6, 6.07) is 8.78. The van der Waals surface area contributed by atoms with Gasteiger partial charge in [-0.25, -0.2) is 0 Å². The molecule has 0 fully saturated rings. The molecule has 0 saturated carbocycles. The average Bonchev–Trinajstić information content (AvgIpc) is 2.43. The zero-order chi connectivity index (χ0) is 15.4. The summed E-state index contributed by atoms with van der Waals surface area (Å²) in [4.78, 5) is 6.49. The van der Waals surface area contributed by atoms with Gasteiger partial charge in [-0.15, -0.1) is 0 Å². The molecule has 112 valence electrons. The van der Waals surface area contributed by atoms with Crippen molar-refractivity contribution in [2.75, 3.05) is 13.6 Å². The molecule has 0 bridgehead atoms. The van der Waals surface area contributed by atoms with Crippen LogP contribution in [0.15, 0.2) is 36.7 Å². The van der Waals surface area contributed by atoms with E-state index in [9.17, 15) is 0 Å². The number of hydrogen-bond acceptors (Lipinski definition) is 3. The monoisotopic (exact) mass is 283 g/mol. The van der Waals surface area contributed by atoms with Crippen LogP contribution in [-0.4, -0.2) is 23.5 Å². The molecule has 3 heteroatoms. The minimum atomic E-state index is 0.228. The Labute approximate surface area is 127 Å². The minimum absolute atomic E-state index is 0.228. The van der Waals surface area contributed by atoms with Crippen molar-refractivity contribution in [3.63, 3.8) is 0 Å². The molecular formula is C18H25N3. The Morgan fingerprint density at radius 2 is 1.86 bits per heavy atom. The van der Waals surface area contributed by atoms with Crippen LogP contribution in [0.2, 0.25) is 0 Å². The number of pyridine rings is 1. The lowest BCUT2D eigenvalue weighted by Gasteiger charge is -2.30. The van der Waals surface area contributed by atoms with Gasteiger partial charge in [-0.1, -0.05) is 23.8 Å². The molecule has 0 aliphatic carbocycles. The Morgan fingerprint density at radius 3 is 2.38 bits per heavy atom. The Balaban J connectivity index is 2.27. The van der Waals surface area contributed by atoms with Crippen LogP contribution in [0, 0.1) is 20.8 Å². The third-order valence-electron chi connectivity index (χ3n) is 3.98. The number of hydrogen-bond donors (Lipinski definition) is 1. The van der Waals surface area contributed by atoms with Gasteiger partial charge in [0, 0.05) is 31.5 Å². The fraction of sp³-hybridized carbons (Fsp3) is 0.389. The molecule has 0 aliphatic heterocycles. The molecule has 1 aromatic carbocycles. The standard InChI is InChI=1S/C18H25N3/c1-13-8-14(2)18(15(3)9-13)17(10-19)21(4)12-16-6-5-7-20-11-16/h5-9,11,17H,10,12,19H2,1-4H3. The normalized spacial score (nSPS) is 12.7. The number of aryl methyl sites for hydroxylation is 3. The molecule has 3 nitrogen and oxygen atoms in total. The van der Waals surface area contributed by atoms with E-state index in [1.165, 1.54) is 27.8 Å². The first-order valence-electron chi connectivity index (χ1n) is 7.40. The number of likely N-dealkylation sites (N-methyl/N-ethyl adjacent to an activating group) is 1. The number of nitrogens with zero attached hydrogens (tertiary/aromatic N) is 2. The van der Waals surface area contributed by atoms with Crippen molar-refractivity contribution in [3.8, 4) is 0 Å². The van der Waals surface area contributed by atoms with E-state index >= 15 is 0 Å². The van der Waals surface area contributed by atoms with Crippen molar-refractivity contribution in [3.05, 3.63) is 64.5 Å². The lowest BCUT2D eigenvalue weighted by molar-refractivity contribution is 0.240. The second-order valence-electron chi connectivity index (χ2n) is 5.84. The molecule has 1 heterocycles. The van der Waals surface area contributed by atoms with Gasteiger partial charge in [-0.2, -0.15) is 0 Å². The second-order valence-corrected chi connectivity index (χ2v) is 5.84. The van der Waals surface area contributed by atoms with E-state index in [1.54, 1.807) is 6.20 Å². The van der Waals surface area contributed by atoms with Crippen molar-refractivity contribution in [2.24, 2.45) is 5.73 Å². The van der Waals surface area contributed by atoms with Crippen LogP contribution in [0.4, 0.5) is 0 Å². The van der Waals surface area contributed by atoms with Crippen LogP contribution in [0.3, 0.4) is 0 Å². The summed E-state index contributed by atoms with van der Waals surface area (Å²) in [5.41, 5.74) is 12.6. The molecular weight excluding hydrogens is 258 g/mol. The van der Waals surface area contributed by atoms with E-state index in [0.717, 1.165) is 6.54 Å². The maximum absolute atomic E-state index is 6.08. The third-order valence-corrected chi connectivity index (χ3v) is 3.98. The molecule has 2 rings (SSSR count). The maximum Gasteiger partial charge on any atom is 0.0476 e. The SMILES string of the molecule is Cc1cc(C)c(C(CN)N(C)Cc2cccnc2)c(C)c1. The van der Waals surface area contributed by atoms with Crippen LogP contribution < -0.4 is 5.73 Å². The molecule has 1 atom stereocenters. The molecule has 0 radical (unpaired) electrons. The second kappa shape index (κ2) is 6.83. The van der Waals surface area contributed by atoms with Crippen LogP contribution in [0.1, 0.15) is 33.9 Å². The van der Waals surface area contributed by atoms with Crippen LogP contribution in [0.25, 0.3) is 0 Å². The lowest BCUT2D eigenvalue weighted by Crippen LogP contribution is -2.31. The largest absolute Gasteiger partial charge is 0.329 e. The van der Waals surface area contributed by atoms with E-state index < -0.39 is 0 Å². The summed E-state index contributed by atoms with van der Waals surface area (Å²) in [6.45, 7) is 7.95. The molecule has 1 aromatic heterocycles. The molecule has 0 aliphatic rings. The summed E-state index contributed by atoms with van der Waals surface area (Å²) >= 11 is 0. The van der Waals surface area contributed by atoms with Crippen molar-refractivity contribution in [2.45, 2.75) is 33.4 Å². The summed E-state index contributed by atoms with van der Waals surface area (Å²) in [7, 11) is 2.13. The first-order chi connectivity index (χ1) is 10.0. The molecule has 0 saturated heterocycles. The summed E-state index contributed by atoms with van der Waals surface area (Å²) in [5.74, 6) is 0. The zero-order valence-electron chi connectivity index (χ0n) is 13.4. The summed E-state index contributed by atoms with van der Waals surface area (Å²) in [6.07, 6.45) is 3.72. The number of rotatable bonds is 5. The highest BCUT2D eigenvalue weighted by Crippen LogP contribution is 2.27. The van der Waals surface area contributed by atoms with Gasteiger partial charge < -0.3 is 5.73 Å². The molecule has 0 spiro atoms. The molecule has 2 N–H and O–H groups in total. The minimum Gasteiger partial charge on any atom is -0.329 e. The van der Waals surface area contributed by atoms with Crippen molar-refractivity contribution in [1.82, 2.24) is 9.88 Å². The predicted molar refractivity (Wildman–Crippen MR) is 88.2 cm³/mol. The summed E-state index contributed by atoms with van der Waals surface area (Å²) in [5, 5.41) is 0. The fourth-order valence-corrected chi connectivity index (χ4v) is 3.12. The van der Waals surface area contributed by atoms with Gasteiger partial charge >= 0.3 is 0 Å². The van der Waals surface area contributed by atoms with Crippen molar-refractivity contribution < 1.29 is 0 Å². The third kappa shape index (κ3) is 3.69. The van der Waals surface area contributed by atoms with E-state index in [-0.39, 0.29) is 6.04 Å². The number of benzene rings is 1. The van der Waals surface area contributed by atoms with Gasteiger partial charge in [0.05, 0.1) is 0 Å². The molecule has 2 aromatic rings. The quantitative estimate of drug-likeness (QED) is 0.916. The highest BCUT2D eigenvalue weighted by molar-refractivity contribution is 5.40. The first-order valence-corrected chi connectivity index (χ1v) is 7.40. The van der Waals surface area contributed by atoms with E-state index in [1.807, 2.05) is 12.3 Å². The Bertz CT molecular complexity index is 570. The van der Waals surface area contributed by atoms with Gasteiger partial charge in [0.1, 0.15) is 0 Å². The highest BCUT2D eigenvalue weighted by atomic mass is 15.1. The van der Waals surface area contributed by atoms with Crippen LogP contribution in [0.5, 0.6) is 0 Å². The fourth-order valence-electron chi connectivity index (χ4n) is 3.12. The lowest BCUT2D eigenvalue weighted by atomic mass is 9.93. The van der Waals surface area contributed by atoms with Crippen LogP contribution in [-0.2, 0) is 6.54 Å². The van der Waals surface area contributed by atoms with Gasteiger partial charge in [0.15, 0.2) is 0 Å². The maximum atomic E-state index is 6.08. The molecule has 1 unspecified atom stereocenters. The van der Waals surface area contributed by atoms with E-state index in [2.05, 4.69) is 55.9 Å². The predicted octanol–water partition coefficient (Wildman–Crippen LogP) is 3.14. The highest BCUT2D eigenvalue weighted by Gasteiger charge is 2.19. The Kier molecular flexibility index (Phi) is 5.10. The first kappa shape index (κ1) is 15.7. The van der Waals surface area contributed by atoms with E-state index in [4.69, 9.17) is 5.73 Å². The van der Waals surface area contributed by atoms with Gasteiger partial charge in [0.25, 0.3) is 0 Å².